The van der Waals surface area contributed by atoms with Crippen molar-refractivity contribution >= 4 is 23.2 Å². The van der Waals surface area contributed by atoms with Crippen LogP contribution in [0.1, 0.15) is 43.7 Å². The average Bonchev–Trinajstić information content (AvgIpc) is 2.64. The molecule has 0 radical (unpaired) electrons. The molecule has 0 bridgehead atoms. The molecule has 1 aromatic carbocycles. The number of hydrogen-bond acceptors (Lipinski definition) is 2. The van der Waals surface area contributed by atoms with Gasteiger partial charge in [-0.25, -0.2) is 5.43 Å². The Bertz CT molecular complexity index is 443. The van der Waals surface area contributed by atoms with Gasteiger partial charge in [0, 0.05) is 0 Å². The minimum Gasteiger partial charge on any atom is -0.271 e. The summed E-state index contributed by atoms with van der Waals surface area (Å²) in [4.78, 5) is 0. The Labute approximate surface area is 118 Å². The molecule has 3 N–H and O–H groups in total. The second-order valence-electron chi connectivity index (χ2n) is 4.65. The predicted molar refractivity (Wildman–Crippen MR) is 77.7 cm³/mol. The lowest BCUT2D eigenvalue weighted by molar-refractivity contribution is 0.593. The van der Waals surface area contributed by atoms with Gasteiger partial charge in [0.1, 0.15) is 0 Å². The highest BCUT2D eigenvalue weighted by molar-refractivity contribution is 6.42. The molecule has 0 amide bonds. The van der Waals surface area contributed by atoms with Crippen LogP contribution < -0.4 is 11.3 Å². The van der Waals surface area contributed by atoms with Crippen molar-refractivity contribution in [2.75, 3.05) is 0 Å². The first-order valence-corrected chi connectivity index (χ1v) is 7.08. The third kappa shape index (κ3) is 3.27. The molecule has 0 saturated carbocycles. The summed E-state index contributed by atoms with van der Waals surface area (Å²) in [6.45, 7) is 0. The Morgan fingerprint density at radius 3 is 2.67 bits per heavy atom. The van der Waals surface area contributed by atoms with Crippen molar-refractivity contribution in [3.63, 3.8) is 0 Å². The summed E-state index contributed by atoms with van der Waals surface area (Å²) in [5, 5.41) is 1.15. The van der Waals surface area contributed by atoms with Crippen LogP contribution in [0.4, 0.5) is 0 Å². The van der Waals surface area contributed by atoms with Gasteiger partial charge in [0.2, 0.25) is 0 Å². The molecule has 2 rings (SSSR count). The van der Waals surface area contributed by atoms with Gasteiger partial charge in [-0.1, -0.05) is 47.3 Å². The quantitative estimate of drug-likeness (QED) is 0.491. The summed E-state index contributed by atoms with van der Waals surface area (Å²) in [7, 11) is 0. The van der Waals surface area contributed by atoms with Gasteiger partial charge >= 0.3 is 0 Å². The van der Waals surface area contributed by atoms with E-state index in [0.29, 0.717) is 10.0 Å². The summed E-state index contributed by atoms with van der Waals surface area (Å²) in [5.41, 5.74) is 5.32. The fourth-order valence-corrected chi connectivity index (χ4v) is 2.72. The normalized spacial score (nSPS) is 18.1. The van der Waals surface area contributed by atoms with Crippen LogP contribution in [-0.2, 0) is 0 Å². The highest BCUT2D eigenvalue weighted by atomic mass is 35.5. The van der Waals surface area contributed by atoms with E-state index in [2.05, 4.69) is 11.5 Å². The van der Waals surface area contributed by atoms with Crippen molar-refractivity contribution in [3.05, 3.63) is 45.5 Å². The second kappa shape index (κ2) is 6.58. The SMILES string of the molecule is NNC(C1=CCCCCC1)c1ccc(Cl)c(Cl)c1. The summed E-state index contributed by atoms with van der Waals surface area (Å²) in [6, 6.07) is 5.73. The molecule has 0 fully saturated rings. The number of hydrazine groups is 1. The fourth-order valence-electron chi connectivity index (χ4n) is 2.41. The molecule has 18 heavy (non-hydrogen) atoms. The standard InChI is InChI=1S/C14H18Cl2N2/c15-12-8-7-11(9-13(12)16)14(18-17)10-5-3-1-2-4-6-10/h5,7-9,14,18H,1-4,6,17H2. The Kier molecular flexibility index (Phi) is 5.07. The average molecular weight is 285 g/mol. The number of allylic oxidation sites excluding steroid dienone is 1. The van der Waals surface area contributed by atoms with E-state index in [1.54, 1.807) is 0 Å². The Morgan fingerprint density at radius 1 is 1.11 bits per heavy atom. The molecule has 4 heteroatoms. The molecule has 98 valence electrons. The van der Waals surface area contributed by atoms with Gasteiger partial charge in [-0.3, -0.25) is 5.84 Å². The van der Waals surface area contributed by atoms with E-state index in [-0.39, 0.29) is 6.04 Å². The van der Waals surface area contributed by atoms with Gasteiger partial charge in [0.15, 0.2) is 0 Å². The van der Waals surface area contributed by atoms with Crippen molar-refractivity contribution in [2.45, 2.75) is 38.1 Å². The Morgan fingerprint density at radius 2 is 1.94 bits per heavy atom. The minimum absolute atomic E-state index is 0.0397. The molecule has 1 aromatic rings. The van der Waals surface area contributed by atoms with Crippen LogP contribution in [0.2, 0.25) is 10.0 Å². The maximum Gasteiger partial charge on any atom is 0.0670 e. The van der Waals surface area contributed by atoms with E-state index >= 15 is 0 Å². The maximum atomic E-state index is 6.07. The summed E-state index contributed by atoms with van der Waals surface area (Å²) >= 11 is 12.0. The zero-order valence-electron chi connectivity index (χ0n) is 10.3. The number of hydrogen-bond donors (Lipinski definition) is 2. The Hall–Kier alpha value is -0.540. The van der Waals surface area contributed by atoms with Crippen LogP contribution in [0.5, 0.6) is 0 Å². The van der Waals surface area contributed by atoms with Crippen LogP contribution in [0, 0.1) is 0 Å². The highest BCUT2D eigenvalue weighted by Gasteiger charge is 2.17. The van der Waals surface area contributed by atoms with Gasteiger partial charge in [0.05, 0.1) is 16.1 Å². The van der Waals surface area contributed by atoms with Gasteiger partial charge in [-0.05, 0) is 43.4 Å². The largest absolute Gasteiger partial charge is 0.271 e. The molecule has 1 unspecified atom stereocenters. The van der Waals surface area contributed by atoms with Crippen LogP contribution in [0.3, 0.4) is 0 Å². The van der Waals surface area contributed by atoms with Gasteiger partial charge < -0.3 is 0 Å². The third-order valence-electron chi connectivity index (χ3n) is 3.39. The van der Waals surface area contributed by atoms with E-state index in [1.165, 1.54) is 24.8 Å². The molecule has 0 aromatic heterocycles. The van der Waals surface area contributed by atoms with Crippen LogP contribution in [0.25, 0.3) is 0 Å². The van der Waals surface area contributed by atoms with Crippen molar-refractivity contribution in [1.29, 1.82) is 0 Å². The molecule has 0 saturated heterocycles. The summed E-state index contributed by atoms with van der Waals surface area (Å²) in [5.74, 6) is 5.71. The molecule has 2 nitrogen and oxygen atoms in total. The summed E-state index contributed by atoms with van der Waals surface area (Å²) < 4.78 is 0. The first-order valence-electron chi connectivity index (χ1n) is 6.32. The molecular weight excluding hydrogens is 267 g/mol. The van der Waals surface area contributed by atoms with Crippen molar-refractivity contribution in [1.82, 2.24) is 5.43 Å². The molecule has 0 heterocycles. The molecule has 0 spiro atoms. The molecular formula is C14H18Cl2N2. The van der Waals surface area contributed by atoms with E-state index in [0.717, 1.165) is 18.4 Å². The topological polar surface area (TPSA) is 38.0 Å². The molecule has 1 aliphatic rings. The van der Waals surface area contributed by atoms with Gasteiger partial charge in [-0.15, -0.1) is 0 Å². The number of rotatable bonds is 3. The Balaban J connectivity index is 2.26. The first-order chi connectivity index (χ1) is 8.72. The fraction of sp³-hybridized carbons (Fsp3) is 0.429. The lowest BCUT2D eigenvalue weighted by atomic mass is 9.96. The number of halogens is 2. The molecule has 1 aliphatic carbocycles. The predicted octanol–water partition coefficient (Wildman–Crippen LogP) is 4.39. The number of nitrogens with one attached hydrogen (secondary N) is 1. The number of benzene rings is 1. The summed E-state index contributed by atoms with van der Waals surface area (Å²) in [6.07, 6.45) is 8.32. The van der Waals surface area contributed by atoms with Crippen molar-refractivity contribution in [3.8, 4) is 0 Å². The zero-order chi connectivity index (χ0) is 13.0. The maximum absolute atomic E-state index is 6.07. The molecule has 1 atom stereocenters. The van der Waals surface area contributed by atoms with Crippen LogP contribution in [0.15, 0.2) is 29.8 Å². The van der Waals surface area contributed by atoms with E-state index < -0.39 is 0 Å². The van der Waals surface area contributed by atoms with Crippen molar-refractivity contribution < 1.29 is 0 Å². The minimum atomic E-state index is 0.0397. The van der Waals surface area contributed by atoms with E-state index in [9.17, 15) is 0 Å². The number of nitrogens with two attached hydrogens (primary N) is 1. The van der Waals surface area contributed by atoms with Crippen LogP contribution in [-0.4, -0.2) is 0 Å². The lowest BCUT2D eigenvalue weighted by Crippen LogP contribution is -2.29. The van der Waals surface area contributed by atoms with Crippen LogP contribution >= 0.6 is 23.2 Å². The second-order valence-corrected chi connectivity index (χ2v) is 5.47. The zero-order valence-corrected chi connectivity index (χ0v) is 11.8. The third-order valence-corrected chi connectivity index (χ3v) is 4.13. The highest BCUT2D eigenvalue weighted by Crippen LogP contribution is 2.32. The van der Waals surface area contributed by atoms with Crippen molar-refractivity contribution in [2.24, 2.45) is 5.84 Å². The monoisotopic (exact) mass is 284 g/mol. The molecule has 0 aliphatic heterocycles. The lowest BCUT2D eigenvalue weighted by Gasteiger charge is -2.20. The van der Waals surface area contributed by atoms with E-state index in [4.69, 9.17) is 29.0 Å². The smallest absolute Gasteiger partial charge is 0.0670 e. The van der Waals surface area contributed by atoms with E-state index in [1.807, 2.05) is 18.2 Å². The first kappa shape index (κ1) is 13.9. The van der Waals surface area contributed by atoms with Gasteiger partial charge in [0.25, 0.3) is 0 Å². The van der Waals surface area contributed by atoms with Gasteiger partial charge in [-0.2, -0.15) is 0 Å².